The predicted octanol–water partition coefficient (Wildman–Crippen LogP) is 18.5. The van der Waals surface area contributed by atoms with E-state index in [0.29, 0.717) is 77.9 Å². The van der Waals surface area contributed by atoms with Crippen molar-refractivity contribution in [3.63, 3.8) is 0 Å². The van der Waals surface area contributed by atoms with Gasteiger partial charge in [-0.05, 0) is 58.3 Å². The first-order valence-electron chi connectivity index (χ1n) is 43.5. The third kappa shape index (κ3) is 70.6. The zero-order valence-corrected chi connectivity index (χ0v) is 68.1. The van der Waals surface area contributed by atoms with Gasteiger partial charge in [0, 0.05) is 77.7 Å². The van der Waals surface area contributed by atoms with Crippen LogP contribution in [0.25, 0.3) is 0 Å². The van der Waals surface area contributed by atoms with Gasteiger partial charge in [0.2, 0.25) is 29.5 Å². The average Bonchev–Trinajstić information content (AvgIpc) is 1.19. The quantitative estimate of drug-likeness (QED) is 0.0291. The van der Waals surface area contributed by atoms with Gasteiger partial charge in [0.25, 0.3) is 0 Å². The van der Waals surface area contributed by atoms with Crippen LogP contribution in [-0.2, 0) is 71.6 Å². The number of unbranched alkanes of at least 4 members (excludes halogenated alkanes) is 41. The van der Waals surface area contributed by atoms with Crippen molar-refractivity contribution in [2.75, 3.05) is 92.1 Å². The summed E-state index contributed by atoms with van der Waals surface area (Å²) in [5.41, 5.74) is 0. The zero-order valence-electron chi connectivity index (χ0n) is 68.1. The zero-order chi connectivity index (χ0) is 76.8. The maximum absolute atomic E-state index is 13.9. The maximum Gasteiger partial charge on any atom is 0.305 e. The number of rotatable bonds is 81. The van der Waals surface area contributed by atoms with Crippen molar-refractivity contribution in [2.24, 2.45) is 0 Å². The van der Waals surface area contributed by atoms with Gasteiger partial charge >= 0.3 is 23.9 Å². The second kappa shape index (κ2) is 78.7. The first kappa shape index (κ1) is 100. The SMILES string of the molecule is CCCCCCCCCCCCCC(=O)OCCN(CCOC(=O)CCCCCCCCCCCCC)C(=O)CCC(=O)NCCCC[C@H](NC(=O)CCC(=O)N(CCOC(=O)CCCCCCCCCCCCC)CCOC(=O)CCCCCCCCCCCCC)C(=O)NCCCOCCOCC. The average molecular weight is 1490 g/mol. The molecule has 105 heavy (non-hydrogen) atoms. The number of nitrogens with one attached hydrogen (secondary N) is 3. The van der Waals surface area contributed by atoms with Crippen LogP contribution < -0.4 is 16.0 Å². The molecule has 0 aromatic carbocycles. The molecule has 0 aromatic heterocycles. The van der Waals surface area contributed by atoms with Crippen LogP contribution in [0.5, 0.6) is 0 Å². The molecule has 0 bridgehead atoms. The van der Waals surface area contributed by atoms with Gasteiger partial charge in [-0.1, -0.05) is 285 Å². The van der Waals surface area contributed by atoms with E-state index in [1.165, 1.54) is 202 Å². The fraction of sp³-hybridized carbons (Fsp3) is 0.894. The minimum atomic E-state index is -0.950. The van der Waals surface area contributed by atoms with Crippen LogP contribution >= 0.6 is 0 Å². The minimum absolute atomic E-state index is 0.0138. The van der Waals surface area contributed by atoms with Gasteiger partial charge in [-0.25, -0.2) is 0 Å². The van der Waals surface area contributed by atoms with Crippen molar-refractivity contribution in [3.05, 3.63) is 0 Å². The Bertz CT molecular complexity index is 2000. The highest BCUT2D eigenvalue weighted by Crippen LogP contribution is 2.18. The minimum Gasteiger partial charge on any atom is -0.464 e. The molecule has 0 aromatic rings. The number of carbonyl (C=O) groups is 9. The van der Waals surface area contributed by atoms with E-state index in [1.807, 2.05) is 6.92 Å². The Balaban J connectivity index is 5.66. The van der Waals surface area contributed by atoms with Crippen molar-refractivity contribution in [2.45, 2.75) is 400 Å². The predicted molar refractivity (Wildman–Crippen MR) is 424 cm³/mol. The molecule has 0 rings (SSSR count). The molecule has 0 aliphatic carbocycles. The van der Waals surface area contributed by atoms with Crippen molar-refractivity contribution < 1.29 is 71.6 Å². The van der Waals surface area contributed by atoms with Crippen molar-refractivity contribution in [1.29, 1.82) is 0 Å². The normalized spacial score (nSPS) is 11.5. The van der Waals surface area contributed by atoms with E-state index >= 15 is 0 Å². The third-order valence-corrected chi connectivity index (χ3v) is 19.5. The molecule has 0 spiro atoms. The van der Waals surface area contributed by atoms with Gasteiger partial charge in [-0.3, -0.25) is 43.2 Å². The van der Waals surface area contributed by atoms with Gasteiger partial charge in [0.15, 0.2) is 0 Å². The number of nitrogens with zero attached hydrogens (tertiary/aromatic N) is 2. The standard InChI is InChI=1S/C85H159N5O15/c1-6-11-15-19-23-27-31-35-39-43-47-55-81(95)102-70-65-89(66-71-103-82(96)56-48-44-40-36-32-28-24-20-16-12-7-2)79(93)61-59-77(91)86-63-52-51-54-76(85(99)87-64-53-69-101-75-74-100-10-5)88-78(92)60-62-80(94)90(67-72-104-83(97)57-49-45-41-37-33-29-25-21-17-13-8-3)68-73-105-84(98)58-50-46-42-38-34-30-26-22-18-14-9-4/h76H,6-75H2,1-5H3,(H,86,91)(H,87,99)(H,88,92)/t76-/m0/s1. The van der Waals surface area contributed by atoms with Crippen LogP contribution in [0.4, 0.5) is 0 Å². The third-order valence-electron chi connectivity index (χ3n) is 19.5. The topological polar surface area (TPSA) is 252 Å². The molecular weight excluding hydrogens is 1330 g/mol. The van der Waals surface area contributed by atoms with Crippen LogP contribution in [0.1, 0.15) is 394 Å². The summed E-state index contributed by atoms with van der Waals surface area (Å²) in [6.45, 7) is 13.4. The summed E-state index contributed by atoms with van der Waals surface area (Å²) >= 11 is 0. The fourth-order valence-corrected chi connectivity index (χ4v) is 12.8. The van der Waals surface area contributed by atoms with Gasteiger partial charge in [-0.2, -0.15) is 0 Å². The summed E-state index contributed by atoms with van der Waals surface area (Å²) in [6, 6.07) is -0.950. The van der Waals surface area contributed by atoms with Crippen LogP contribution in [0.15, 0.2) is 0 Å². The Kier molecular flexibility index (Phi) is 75.1. The van der Waals surface area contributed by atoms with Gasteiger partial charge < -0.3 is 54.2 Å². The van der Waals surface area contributed by atoms with Crippen molar-refractivity contribution >= 4 is 53.4 Å². The summed E-state index contributed by atoms with van der Waals surface area (Å²) in [5, 5.41) is 8.62. The second-order valence-electron chi connectivity index (χ2n) is 29.2. The Morgan fingerprint density at radius 1 is 0.267 bits per heavy atom. The van der Waals surface area contributed by atoms with E-state index in [9.17, 15) is 43.2 Å². The van der Waals surface area contributed by atoms with E-state index in [-0.39, 0.29) is 133 Å². The van der Waals surface area contributed by atoms with Crippen molar-refractivity contribution in [3.8, 4) is 0 Å². The van der Waals surface area contributed by atoms with E-state index in [0.717, 1.165) is 89.9 Å². The van der Waals surface area contributed by atoms with E-state index < -0.39 is 17.9 Å². The summed E-state index contributed by atoms with van der Waals surface area (Å²) in [5.74, 6) is -3.28. The second-order valence-corrected chi connectivity index (χ2v) is 29.2. The lowest BCUT2D eigenvalue weighted by molar-refractivity contribution is -0.148. The largest absolute Gasteiger partial charge is 0.464 e. The summed E-state index contributed by atoms with van der Waals surface area (Å²) in [7, 11) is 0. The molecule has 0 heterocycles. The van der Waals surface area contributed by atoms with Crippen LogP contribution in [0.3, 0.4) is 0 Å². The highest BCUT2D eigenvalue weighted by Gasteiger charge is 2.24. The molecule has 0 saturated heterocycles. The summed E-state index contributed by atoms with van der Waals surface area (Å²) in [4.78, 5) is 122. The van der Waals surface area contributed by atoms with Crippen LogP contribution in [0, 0.1) is 0 Å². The summed E-state index contributed by atoms with van der Waals surface area (Å²) < 4.78 is 33.2. The lowest BCUT2D eigenvalue weighted by Crippen LogP contribution is -2.47. The highest BCUT2D eigenvalue weighted by atomic mass is 16.5. The van der Waals surface area contributed by atoms with E-state index in [1.54, 1.807) is 0 Å². The van der Waals surface area contributed by atoms with Crippen LogP contribution in [-0.4, -0.2) is 161 Å². The number of carbonyl (C=O) groups excluding carboxylic acids is 9. The Hall–Kier alpha value is -4.85. The number of ether oxygens (including phenoxy) is 6. The molecule has 0 fully saturated rings. The van der Waals surface area contributed by atoms with Gasteiger partial charge in [0.05, 0.1) is 39.4 Å². The lowest BCUT2D eigenvalue weighted by atomic mass is 10.1. The van der Waals surface area contributed by atoms with E-state index in [2.05, 4.69) is 43.6 Å². The van der Waals surface area contributed by atoms with Gasteiger partial charge in [-0.15, -0.1) is 0 Å². The smallest absolute Gasteiger partial charge is 0.305 e. The molecule has 0 aliphatic rings. The lowest BCUT2D eigenvalue weighted by Gasteiger charge is -2.23. The molecule has 0 radical (unpaired) electrons. The molecule has 20 heteroatoms. The van der Waals surface area contributed by atoms with Crippen LogP contribution in [0.2, 0.25) is 0 Å². The number of amides is 5. The number of hydrogen-bond donors (Lipinski definition) is 3. The molecular formula is C85H159N5O15. The molecule has 0 saturated carbocycles. The molecule has 1 atom stereocenters. The Labute approximate surface area is 640 Å². The Morgan fingerprint density at radius 2 is 0.552 bits per heavy atom. The summed E-state index contributed by atoms with van der Waals surface area (Å²) in [6.07, 6.45) is 53.6. The van der Waals surface area contributed by atoms with Crippen molar-refractivity contribution in [1.82, 2.24) is 25.8 Å². The fourth-order valence-electron chi connectivity index (χ4n) is 12.8. The first-order valence-corrected chi connectivity index (χ1v) is 43.5. The molecule has 0 unspecified atom stereocenters. The Morgan fingerprint density at radius 3 is 0.867 bits per heavy atom. The maximum atomic E-state index is 13.9. The molecule has 614 valence electrons. The van der Waals surface area contributed by atoms with Gasteiger partial charge in [0.1, 0.15) is 32.5 Å². The molecule has 3 N–H and O–H groups in total. The first-order chi connectivity index (χ1) is 51.3. The molecule has 0 aliphatic heterocycles. The number of hydrogen-bond acceptors (Lipinski definition) is 15. The molecule has 20 nitrogen and oxygen atoms in total. The highest BCUT2D eigenvalue weighted by molar-refractivity contribution is 5.89. The monoisotopic (exact) mass is 1490 g/mol. The molecule has 5 amide bonds. The number of esters is 4. The van der Waals surface area contributed by atoms with E-state index in [4.69, 9.17) is 28.4 Å².